The van der Waals surface area contributed by atoms with Gasteiger partial charge in [0.25, 0.3) is 24.3 Å². The number of oxime groups is 1. The normalized spacial score (nSPS) is 21.8. The van der Waals surface area contributed by atoms with Crippen molar-refractivity contribution in [2.24, 2.45) is 5.16 Å². The lowest BCUT2D eigenvalue weighted by Gasteiger charge is -2.50. The molecule has 1 aliphatic carbocycles. The van der Waals surface area contributed by atoms with Crippen molar-refractivity contribution in [1.29, 1.82) is 0 Å². The highest BCUT2D eigenvalue weighted by Gasteiger charge is 2.60. The summed E-state index contributed by atoms with van der Waals surface area (Å²) in [6.45, 7) is 6.27. The van der Waals surface area contributed by atoms with E-state index in [0.717, 1.165) is 16.6 Å². The van der Waals surface area contributed by atoms with Crippen molar-refractivity contribution in [3.63, 3.8) is 0 Å². The standard InChI is InChI=1S/C37H40N2O11SSi/c1-36(2,3)52(24-13-9-7-10-14-24,25-15-11-8-12-16-25)50-29-19-20-30(49-51(6,43)44)37(42)22-27(39-48-33(29)37)34(40)38-26-21-23-17-18-28(45-4)32(46-5)31(23)47-35(26)41/h7-21,29-30,33,42H,22H2,1-6H3,(H,38,40)/t29-,30+,33+,37+/m1/s1. The lowest BCUT2D eigenvalue weighted by atomic mass is 9.78. The van der Waals surface area contributed by atoms with Crippen molar-refractivity contribution in [2.45, 2.75) is 56.1 Å². The van der Waals surface area contributed by atoms with Crippen molar-refractivity contribution in [3.05, 3.63) is 101 Å². The van der Waals surface area contributed by atoms with Crippen LogP contribution in [0.15, 0.2) is 105 Å². The molecule has 0 fully saturated rings. The molecule has 0 spiro atoms. The van der Waals surface area contributed by atoms with Crippen LogP contribution in [0.5, 0.6) is 11.5 Å². The third-order valence-corrected chi connectivity index (χ3v) is 14.8. The van der Waals surface area contributed by atoms with Crippen LogP contribution in [0.3, 0.4) is 0 Å². The maximum atomic E-state index is 13.6. The fraction of sp³-hybridized carbons (Fsp3) is 0.324. The molecule has 0 saturated carbocycles. The average Bonchev–Trinajstić information content (AvgIpc) is 3.10. The van der Waals surface area contributed by atoms with Crippen molar-refractivity contribution < 1.29 is 45.7 Å². The topological polar surface area (TPSA) is 172 Å². The molecule has 4 atom stereocenters. The third kappa shape index (κ3) is 6.77. The van der Waals surface area contributed by atoms with Gasteiger partial charge in [-0.1, -0.05) is 98.7 Å². The summed E-state index contributed by atoms with van der Waals surface area (Å²) in [5, 5.41) is 20.9. The molecule has 0 bridgehead atoms. The van der Waals surface area contributed by atoms with Crippen LogP contribution < -0.4 is 30.8 Å². The Morgan fingerprint density at radius 1 is 0.981 bits per heavy atom. The summed E-state index contributed by atoms with van der Waals surface area (Å²) in [6, 6.07) is 24.3. The monoisotopic (exact) mass is 748 g/mol. The Labute approximate surface area is 302 Å². The van der Waals surface area contributed by atoms with E-state index in [4.69, 9.17) is 27.3 Å². The second kappa shape index (κ2) is 14.0. The number of methoxy groups -OCH3 is 2. The number of amides is 1. The van der Waals surface area contributed by atoms with Gasteiger partial charge in [-0.05, 0) is 33.6 Å². The Kier molecular flexibility index (Phi) is 9.93. The van der Waals surface area contributed by atoms with Crippen LogP contribution in [0.1, 0.15) is 27.2 Å². The summed E-state index contributed by atoms with van der Waals surface area (Å²) in [5.74, 6) is -0.349. The molecule has 15 heteroatoms. The number of carbonyl (C=O) groups excluding carboxylic acids is 1. The van der Waals surface area contributed by atoms with E-state index in [1.165, 1.54) is 26.4 Å². The van der Waals surface area contributed by atoms with Gasteiger partial charge < -0.3 is 33.6 Å². The van der Waals surface area contributed by atoms with Crippen LogP contribution in [0, 0.1) is 0 Å². The SMILES string of the molecule is COc1ccc2cc(NC(=O)C3=NO[C@H]4[C@H](O[Si](c5ccccc5)(c5ccccc5)C(C)(C)C)C=C[C@H](OS(C)(=O)=O)[C@@]4(O)C3)c(=O)oc2c1OC. The van der Waals surface area contributed by atoms with E-state index in [-0.39, 0.29) is 22.7 Å². The van der Waals surface area contributed by atoms with Gasteiger partial charge in [-0.2, -0.15) is 8.42 Å². The highest BCUT2D eigenvalue weighted by molar-refractivity contribution is 7.86. The van der Waals surface area contributed by atoms with E-state index in [9.17, 15) is 23.1 Å². The highest BCUT2D eigenvalue weighted by Crippen LogP contribution is 2.43. The Balaban J connectivity index is 1.38. The van der Waals surface area contributed by atoms with Gasteiger partial charge in [0.15, 0.2) is 17.4 Å². The number of ether oxygens (including phenoxy) is 2. The molecule has 4 aromatic rings. The van der Waals surface area contributed by atoms with Gasteiger partial charge >= 0.3 is 5.63 Å². The van der Waals surface area contributed by atoms with Gasteiger partial charge in [0, 0.05) is 11.8 Å². The van der Waals surface area contributed by atoms with Crippen LogP contribution in [0.25, 0.3) is 11.0 Å². The van der Waals surface area contributed by atoms with E-state index in [2.05, 4.69) is 31.2 Å². The van der Waals surface area contributed by atoms with E-state index in [1.807, 2.05) is 60.7 Å². The third-order valence-electron chi connectivity index (χ3n) is 9.25. The molecule has 0 unspecified atom stereocenters. The molecule has 0 radical (unpaired) electrons. The first-order chi connectivity index (χ1) is 24.6. The maximum Gasteiger partial charge on any atom is 0.360 e. The minimum absolute atomic E-state index is 0.113. The molecule has 1 aliphatic heterocycles. The van der Waals surface area contributed by atoms with Gasteiger partial charge in [0.2, 0.25) is 5.75 Å². The van der Waals surface area contributed by atoms with E-state index in [1.54, 1.807) is 18.2 Å². The number of fused-ring (bicyclic) bond motifs is 2. The number of hydrogen-bond acceptors (Lipinski definition) is 12. The number of aliphatic hydroxyl groups is 1. The molecule has 1 aromatic heterocycles. The molecule has 3 aromatic carbocycles. The molecule has 2 aliphatic rings. The van der Waals surface area contributed by atoms with Gasteiger partial charge in [-0.15, -0.1) is 0 Å². The van der Waals surface area contributed by atoms with E-state index >= 15 is 0 Å². The van der Waals surface area contributed by atoms with Crippen molar-refractivity contribution in [1.82, 2.24) is 0 Å². The molecule has 2 heterocycles. The molecule has 6 rings (SSSR count). The molecular formula is C37H40N2O11SSi. The van der Waals surface area contributed by atoms with Gasteiger partial charge in [0.05, 0.1) is 20.5 Å². The first kappa shape index (κ1) is 37.0. The Morgan fingerprint density at radius 2 is 1.62 bits per heavy atom. The summed E-state index contributed by atoms with van der Waals surface area (Å²) in [7, 11) is -4.50. The fourth-order valence-electron chi connectivity index (χ4n) is 6.90. The predicted octanol–water partition coefficient (Wildman–Crippen LogP) is 3.48. The van der Waals surface area contributed by atoms with E-state index < -0.39 is 65.3 Å². The van der Waals surface area contributed by atoms with Crippen LogP contribution in [-0.2, 0) is 28.4 Å². The lowest BCUT2D eigenvalue weighted by Crippen LogP contribution is -2.71. The Bertz CT molecular complexity index is 2160. The largest absolute Gasteiger partial charge is 0.493 e. The highest BCUT2D eigenvalue weighted by atomic mass is 32.2. The van der Waals surface area contributed by atoms with E-state index in [0.29, 0.717) is 11.1 Å². The van der Waals surface area contributed by atoms with Crippen LogP contribution >= 0.6 is 0 Å². The smallest absolute Gasteiger partial charge is 0.360 e. The molecule has 1 amide bonds. The quantitative estimate of drug-likeness (QED) is 0.105. The number of nitrogens with one attached hydrogen (secondary N) is 1. The minimum atomic E-state index is -4.11. The molecule has 2 N–H and O–H groups in total. The number of benzene rings is 3. The van der Waals surface area contributed by atoms with Crippen LogP contribution in [0.2, 0.25) is 5.04 Å². The summed E-state index contributed by atoms with van der Waals surface area (Å²) >= 11 is 0. The molecule has 13 nitrogen and oxygen atoms in total. The lowest BCUT2D eigenvalue weighted by molar-refractivity contribution is -0.182. The second-order valence-corrected chi connectivity index (χ2v) is 19.6. The number of nitrogens with zero attached hydrogens (tertiary/aromatic N) is 1. The number of rotatable bonds is 10. The van der Waals surface area contributed by atoms with Gasteiger partial charge in [-0.25, -0.2) is 4.79 Å². The first-order valence-electron chi connectivity index (χ1n) is 16.4. The van der Waals surface area contributed by atoms with Gasteiger partial charge in [-0.3, -0.25) is 8.98 Å². The summed E-state index contributed by atoms with van der Waals surface area (Å²) < 4.78 is 53.5. The zero-order chi connectivity index (χ0) is 37.5. The number of carbonyl (C=O) groups is 1. The number of anilines is 1. The average molecular weight is 749 g/mol. The molecular weight excluding hydrogens is 709 g/mol. The fourth-order valence-corrected chi connectivity index (χ4v) is 12.1. The summed E-state index contributed by atoms with van der Waals surface area (Å²) in [5.41, 5.74) is -3.49. The van der Waals surface area contributed by atoms with Crippen LogP contribution in [0.4, 0.5) is 5.69 Å². The summed E-state index contributed by atoms with van der Waals surface area (Å²) in [4.78, 5) is 32.6. The van der Waals surface area contributed by atoms with Crippen molar-refractivity contribution in [2.75, 3.05) is 25.8 Å². The Morgan fingerprint density at radius 3 is 2.17 bits per heavy atom. The molecule has 0 saturated heterocycles. The van der Waals surface area contributed by atoms with Gasteiger partial charge in [0.1, 0.15) is 29.2 Å². The van der Waals surface area contributed by atoms with Crippen molar-refractivity contribution in [3.8, 4) is 11.5 Å². The second-order valence-electron chi connectivity index (χ2n) is 13.7. The maximum absolute atomic E-state index is 13.6. The molecule has 52 heavy (non-hydrogen) atoms. The zero-order valence-electron chi connectivity index (χ0n) is 29.5. The summed E-state index contributed by atoms with van der Waals surface area (Å²) in [6.07, 6.45) is -0.391. The Hall–Kier alpha value is -4.80. The minimum Gasteiger partial charge on any atom is -0.493 e. The number of hydrogen-bond donors (Lipinski definition) is 2. The molecule has 274 valence electrons. The van der Waals surface area contributed by atoms with Crippen LogP contribution in [-0.4, -0.2) is 77.8 Å². The first-order valence-corrected chi connectivity index (χ1v) is 20.1. The zero-order valence-corrected chi connectivity index (χ0v) is 31.3. The van der Waals surface area contributed by atoms with Crippen molar-refractivity contribution >= 4 is 57.1 Å². The predicted molar refractivity (Wildman–Crippen MR) is 197 cm³/mol.